The maximum Gasteiger partial charge on any atom is 0.0243 e. The van der Waals surface area contributed by atoms with Crippen molar-refractivity contribution in [1.82, 2.24) is 10.2 Å². The van der Waals surface area contributed by atoms with Crippen molar-refractivity contribution in [2.24, 2.45) is 10.8 Å². The Labute approximate surface area is 109 Å². The lowest BCUT2D eigenvalue weighted by atomic mass is 9.83. The van der Waals surface area contributed by atoms with Gasteiger partial charge in [0.15, 0.2) is 0 Å². The van der Waals surface area contributed by atoms with E-state index >= 15 is 0 Å². The molecule has 2 nitrogen and oxygen atoms in total. The highest BCUT2D eigenvalue weighted by Crippen LogP contribution is 2.25. The molecule has 2 atom stereocenters. The molecule has 0 aromatic carbocycles. The predicted octanol–water partition coefficient (Wildman–Crippen LogP) is 3.38. The fourth-order valence-electron chi connectivity index (χ4n) is 2.00. The Morgan fingerprint density at radius 2 is 1.47 bits per heavy atom. The van der Waals surface area contributed by atoms with Gasteiger partial charge in [-0.25, -0.2) is 0 Å². The minimum Gasteiger partial charge on any atom is -0.312 e. The molecule has 0 aromatic rings. The molecule has 0 aliphatic heterocycles. The van der Waals surface area contributed by atoms with Gasteiger partial charge >= 0.3 is 0 Å². The molecule has 0 aliphatic rings. The highest BCUT2D eigenvalue weighted by Gasteiger charge is 2.29. The van der Waals surface area contributed by atoms with E-state index in [1.807, 2.05) is 0 Å². The monoisotopic (exact) mass is 242 g/mol. The molecule has 0 saturated heterocycles. The average Bonchev–Trinajstić information content (AvgIpc) is 2.12. The predicted molar refractivity (Wildman–Crippen MR) is 78.5 cm³/mol. The van der Waals surface area contributed by atoms with Gasteiger partial charge in [0.25, 0.3) is 0 Å². The van der Waals surface area contributed by atoms with Gasteiger partial charge in [0.2, 0.25) is 0 Å². The van der Waals surface area contributed by atoms with Gasteiger partial charge < -0.3 is 10.2 Å². The summed E-state index contributed by atoms with van der Waals surface area (Å²) in [5, 5.41) is 3.62. The van der Waals surface area contributed by atoms with Crippen LogP contribution in [0.2, 0.25) is 0 Å². The third-order valence-electron chi connectivity index (χ3n) is 3.88. The molecule has 0 aliphatic carbocycles. The van der Waals surface area contributed by atoms with Crippen LogP contribution in [0.25, 0.3) is 0 Å². The van der Waals surface area contributed by atoms with Gasteiger partial charge in [-0.2, -0.15) is 0 Å². The molecular formula is C15H34N2. The minimum atomic E-state index is 0.307. The molecule has 104 valence electrons. The molecule has 0 saturated carbocycles. The fourth-order valence-corrected chi connectivity index (χ4v) is 2.00. The Morgan fingerprint density at radius 1 is 1.00 bits per heavy atom. The van der Waals surface area contributed by atoms with Gasteiger partial charge in [-0.3, -0.25) is 0 Å². The molecule has 0 rings (SSSR count). The van der Waals surface area contributed by atoms with Crippen LogP contribution in [-0.2, 0) is 0 Å². The molecule has 0 aromatic heterocycles. The van der Waals surface area contributed by atoms with E-state index in [9.17, 15) is 0 Å². The lowest BCUT2D eigenvalue weighted by Gasteiger charge is -2.40. The molecule has 0 heterocycles. The number of rotatable bonds is 5. The topological polar surface area (TPSA) is 15.3 Å². The second kappa shape index (κ2) is 6.19. The fraction of sp³-hybridized carbons (Fsp3) is 1.00. The van der Waals surface area contributed by atoms with E-state index in [1.165, 1.54) is 0 Å². The summed E-state index contributed by atoms with van der Waals surface area (Å²) in [5.41, 5.74) is 0.644. The Kier molecular flexibility index (Phi) is 6.16. The van der Waals surface area contributed by atoms with Gasteiger partial charge in [0.1, 0.15) is 0 Å². The van der Waals surface area contributed by atoms with E-state index in [2.05, 4.69) is 72.7 Å². The smallest absolute Gasteiger partial charge is 0.0243 e. The third kappa shape index (κ3) is 5.87. The summed E-state index contributed by atoms with van der Waals surface area (Å²) in [6.45, 7) is 20.5. The minimum absolute atomic E-state index is 0.307. The van der Waals surface area contributed by atoms with Crippen LogP contribution in [0, 0.1) is 10.8 Å². The molecule has 2 heteroatoms. The van der Waals surface area contributed by atoms with Crippen LogP contribution in [0.4, 0.5) is 0 Å². The van der Waals surface area contributed by atoms with Crippen LogP contribution >= 0.6 is 0 Å². The van der Waals surface area contributed by atoms with Gasteiger partial charge in [-0.05, 0) is 31.3 Å². The Morgan fingerprint density at radius 3 is 1.76 bits per heavy atom. The summed E-state index contributed by atoms with van der Waals surface area (Å²) in [6, 6.07) is 1.13. The third-order valence-corrected chi connectivity index (χ3v) is 3.88. The second-order valence-corrected chi connectivity index (χ2v) is 7.46. The van der Waals surface area contributed by atoms with Crippen LogP contribution in [0.15, 0.2) is 0 Å². The van der Waals surface area contributed by atoms with E-state index in [1.54, 1.807) is 0 Å². The van der Waals surface area contributed by atoms with Gasteiger partial charge in [-0.15, -0.1) is 0 Å². The summed E-state index contributed by atoms with van der Waals surface area (Å²) in [6.07, 6.45) is 0. The first-order valence-electron chi connectivity index (χ1n) is 6.93. The standard InChI is InChI=1S/C15H34N2/c1-10-16-13(15(6,7)8)11-17(9)12(2)14(3,4)5/h12-13,16H,10-11H2,1-9H3. The SMILES string of the molecule is CCNC(CN(C)C(C)C(C)(C)C)C(C)(C)C. The van der Waals surface area contributed by atoms with Crippen molar-refractivity contribution >= 4 is 0 Å². The average molecular weight is 242 g/mol. The van der Waals surface area contributed by atoms with Gasteiger partial charge in [0, 0.05) is 18.6 Å². The maximum absolute atomic E-state index is 3.62. The van der Waals surface area contributed by atoms with Crippen molar-refractivity contribution in [2.45, 2.75) is 67.5 Å². The highest BCUT2D eigenvalue weighted by atomic mass is 15.2. The molecule has 2 unspecified atom stereocenters. The molecule has 1 N–H and O–H groups in total. The number of nitrogens with zero attached hydrogens (tertiary/aromatic N) is 1. The van der Waals surface area contributed by atoms with E-state index in [-0.39, 0.29) is 0 Å². The van der Waals surface area contributed by atoms with E-state index < -0.39 is 0 Å². The normalized spacial score (nSPS) is 17.3. The molecule has 0 amide bonds. The largest absolute Gasteiger partial charge is 0.312 e. The first-order valence-corrected chi connectivity index (χ1v) is 6.93. The number of hydrogen-bond donors (Lipinski definition) is 1. The van der Waals surface area contributed by atoms with Crippen molar-refractivity contribution in [3.05, 3.63) is 0 Å². The molecule has 0 spiro atoms. The zero-order valence-electron chi connectivity index (χ0n) is 13.5. The zero-order valence-corrected chi connectivity index (χ0v) is 13.5. The van der Waals surface area contributed by atoms with Crippen molar-refractivity contribution in [3.8, 4) is 0 Å². The lowest BCUT2D eigenvalue weighted by Crippen LogP contribution is -2.51. The highest BCUT2D eigenvalue weighted by molar-refractivity contribution is 4.86. The first-order chi connectivity index (χ1) is 7.50. The maximum atomic E-state index is 3.62. The van der Waals surface area contributed by atoms with Crippen LogP contribution < -0.4 is 5.32 Å². The number of hydrogen-bond acceptors (Lipinski definition) is 2. The number of likely N-dealkylation sites (N-methyl/N-ethyl adjacent to an activating group) is 2. The Bertz CT molecular complexity index is 210. The van der Waals surface area contributed by atoms with Gasteiger partial charge in [0.05, 0.1) is 0 Å². The lowest BCUT2D eigenvalue weighted by molar-refractivity contribution is 0.105. The first kappa shape index (κ1) is 16.9. The summed E-state index contributed by atoms with van der Waals surface area (Å²) >= 11 is 0. The molecule has 0 fully saturated rings. The number of nitrogens with one attached hydrogen (secondary N) is 1. The Hall–Kier alpha value is -0.0800. The zero-order chi connectivity index (χ0) is 13.9. The Balaban J connectivity index is 4.56. The van der Waals surface area contributed by atoms with Gasteiger partial charge in [-0.1, -0.05) is 48.5 Å². The van der Waals surface area contributed by atoms with Crippen molar-refractivity contribution in [3.63, 3.8) is 0 Å². The summed E-state index contributed by atoms with van der Waals surface area (Å²) < 4.78 is 0. The van der Waals surface area contributed by atoms with Crippen molar-refractivity contribution in [1.29, 1.82) is 0 Å². The molecule has 0 radical (unpaired) electrons. The van der Waals surface area contributed by atoms with Crippen molar-refractivity contribution < 1.29 is 0 Å². The molecular weight excluding hydrogens is 208 g/mol. The van der Waals surface area contributed by atoms with Crippen LogP contribution in [0.1, 0.15) is 55.4 Å². The summed E-state index contributed by atoms with van der Waals surface area (Å²) in [5.74, 6) is 0. The van der Waals surface area contributed by atoms with E-state index in [0.29, 0.717) is 22.9 Å². The van der Waals surface area contributed by atoms with Crippen LogP contribution in [0.5, 0.6) is 0 Å². The van der Waals surface area contributed by atoms with Crippen molar-refractivity contribution in [2.75, 3.05) is 20.1 Å². The van der Waals surface area contributed by atoms with E-state index in [4.69, 9.17) is 0 Å². The molecule has 0 bridgehead atoms. The summed E-state index contributed by atoms with van der Waals surface area (Å²) in [7, 11) is 2.24. The summed E-state index contributed by atoms with van der Waals surface area (Å²) in [4.78, 5) is 2.48. The quantitative estimate of drug-likeness (QED) is 0.795. The van der Waals surface area contributed by atoms with Crippen LogP contribution in [0.3, 0.4) is 0 Å². The van der Waals surface area contributed by atoms with E-state index in [0.717, 1.165) is 13.1 Å². The second-order valence-electron chi connectivity index (χ2n) is 7.46. The van der Waals surface area contributed by atoms with Crippen LogP contribution in [-0.4, -0.2) is 37.1 Å². The molecule has 17 heavy (non-hydrogen) atoms.